The van der Waals surface area contributed by atoms with Crippen LogP contribution in [0.3, 0.4) is 0 Å². The zero-order valence-electron chi connectivity index (χ0n) is 16.2. The minimum absolute atomic E-state index is 0.0554. The maximum Gasteiger partial charge on any atom is 0.262 e. The van der Waals surface area contributed by atoms with Crippen molar-refractivity contribution >= 4 is 23.6 Å². The number of amides is 1. The van der Waals surface area contributed by atoms with Crippen LogP contribution in [-0.4, -0.2) is 13.0 Å². The van der Waals surface area contributed by atoms with Crippen molar-refractivity contribution in [2.45, 2.75) is 13.2 Å². The molecule has 0 aliphatic rings. The Morgan fingerprint density at radius 3 is 2.67 bits per heavy atom. The molecule has 30 heavy (non-hydrogen) atoms. The average molecular weight is 423 g/mol. The highest BCUT2D eigenvalue weighted by atomic mass is 35.5. The van der Waals surface area contributed by atoms with Gasteiger partial charge in [-0.2, -0.15) is 5.26 Å². The van der Waals surface area contributed by atoms with E-state index in [0.717, 1.165) is 11.3 Å². The largest absolute Gasteiger partial charge is 0.497 e. The smallest absolute Gasteiger partial charge is 0.262 e. The Bertz CT molecular complexity index is 1080. The Morgan fingerprint density at radius 1 is 1.17 bits per heavy atom. The van der Waals surface area contributed by atoms with Crippen LogP contribution in [0, 0.1) is 11.3 Å². The molecule has 0 radical (unpaired) electrons. The summed E-state index contributed by atoms with van der Waals surface area (Å²) in [5.74, 6) is 1.80. The van der Waals surface area contributed by atoms with Crippen LogP contribution in [0.5, 0.6) is 11.5 Å². The predicted octanol–water partition coefficient (Wildman–Crippen LogP) is 4.74. The molecule has 0 unspecified atom stereocenters. The van der Waals surface area contributed by atoms with Gasteiger partial charge in [0.05, 0.1) is 7.11 Å². The maximum absolute atomic E-state index is 12.3. The summed E-state index contributed by atoms with van der Waals surface area (Å²) < 4.78 is 16.3. The lowest BCUT2D eigenvalue weighted by Crippen LogP contribution is -2.23. The van der Waals surface area contributed by atoms with E-state index in [4.69, 9.17) is 25.5 Å². The van der Waals surface area contributed by atoms with E-state index in [1.165, 1.54) is 6.08 Å². The Balaban J connectivity index is 1.58. The second-order valence-electron chi connectivity index (χ2n) is 6.25. The second-order valence-corrected chi connectivity index (χ2v) is 6.69. The number of furan rings is 1. The van der Waals surface area contributed by atoms with Gasteiger partial charge in [0.1, 0.15) is 41.3 Å². The quantitative estimate of drug-likeness (QED) is 0.418. The first-order valence-electron chi connectivity index (χ1n) is 9.07. The fourth-order valence-electron chi connectivity index (χ4n) is 2.57. The van der Waals surface area contributed by atoms with Crippen molar-refractivity contribution in [2.75, 3.05) is 7.11 Å². The molecular formula is C23H19ClN2O4. The maximum atomic E-state index is 12.3. The molecular weight excluding hydrogens is 404 g/mol. The van der Waals surface area contributed by atoms with Crippen LogP contribution in [0.1, 0.15) is 17.1 Å². The van der Waals surface area contributed by atoms with Gasteiger partial charge in [0.2, 0.25) is 0 Å². The summed E-state index contributed by atoms with van der Waals surface area (Å²) in [6.45, 7) is 0.485. The monoisotopic (exact) mass is 422 g/mol. The van der Waals surface area contributed by atoms with Crippen LogP contribution in [0.2, 0.25) is 5.02 Å². The number of methoxy groups -OCH3 is 1. The standard InChI is InChI=1S/C23H19ClN2O4/c1-28-19-7-5-16(6-8-19)14-26-23(27)17(13-25)11-21-9-10-22(30-21)15-29-20-4-2-3-18(24)12-20/h2-12H,14-15H2,1H3,(H,26,27)/b17-11+. The number of rotatable bonds is 8. The molecule has 0 aliphatic heterocycles. The molecule has 0 saturated carbocycles. The van der Waals surface area contributed by atoms with Crippen LogP contribution in [-0.2, 0) is 17.9 Å². The molecule has 1 heterocycles. The Kier molecular flexibility index (Phi) is 7.14. The third kappa shape index (κ3) is 5.90. The molecule has 3 aromatic rings. The first-order valence-corrected chi connectivity index (χ1v) is 9.45. The first-order chi connectivity index (χ1) is 14.6. The second kappa shape index (κ2) is 10.2. The minimum atomic E-state index is -0.485. The van der Waals surface area contributed by atoms with Crippen LogP contribution in [0.4, 0.5) is 0 Å². The molecule has 3 rings (SSSR count). The summed E-state index contributed by atoms with van der Waals surface area (Å²) >= 11 is 5.93. The summed E-state index contributed by atoms with van der Waals surface area (Å²) in [6, 6.07) is 19.6. The number of carbonyl (C=O) groups is 1. The topological polar surface area (TPSA) is 84.5 Å². The number of hydrogen-bond donors (Lipinski definition) is 1. The van der Waals surface area contributed by atoms with Crippen molar-refractivity contribution in [1.82, 2.24) is 5.32 Å². The molecule has 0 atom stereocenters. The van der Waals surface area contributed by atoms with E-state index in [9.17, 15) is 10.1 Å². The number of halogens is 1. The third-order valence-corrected chi connectivity index (χ3v) is 4.36. The molecule has 7 heteroatoms. The number of nitrogens with zero attached hydrogens (tertiary/aromatic N) is 1. The van der Waals surface area contributed by atoms with E-state index in [1.807, 2.05) is 18.2 Å². The van der Waals surface area contributed by atoms with Gasteiger partial charge in [0.25, 0.3) is 5.91 Å². The lowest BCUT2D eigenvalue weighted by molar-refractivity contribution is -0.117. The summed E-state index contributed by atoms with van der Waals surface area (Å²) in [4.78, 5) is 12.3. The van der Waals surface area contributed by atoms with Crippen molar-refractivity contribution in [1.29, 1.82) is 5.26 Å². The van der Waals surface area contributed by atoms with Crippen LogP contribution in [0.25, 0.3) is 6.08 Å². The fourth-order valence-corrected chi connectivity index (χ4v) is 2.75. The van der Waals surface area contributed by atoms with Gasteiger partial charge in [-0.3, -0.25) is 4.79 Å². The van der Waals surface area contributed by atoms with Crippen molar-refractivity contribution in [3.05, 3.63) is 88.3 Å². The summed E-state index contributed by atoms with van der Waals surface area (Å²) in [5.41, 5.74) is 0.833. The molecule has 0 fully saturated rings. The normalized spacial score (nSPS) is 10.9. The third-order valence-electron chi connectivity index (χ3n) is 4.12. The van der Waals surface area contributed by atoms with Gasteiger partial charge in [0.15, 0.2) is 0 Å². The molecule has 1 aromatic heterocycles. The lowest BCUT2D eigenvalue weighted by Gasteiger charge is -2.05. The van der Waals surface area contributed by atoms with E-state index < -0.39 is 5.91 Å². The lowest BCUT2D eigenvalue weighted by atomic mass is 10.2. The van der Waals surface area contributed by atoms with Gasteiger partial charge >= 0.3 is 0 Å². The van der Waals surface area contributed by atoms with E-state index in [1.54, 1.807) is 55.6 Å². The van der Waals surface area contributed by atoms with Crippen molar-refractivity contribution in [3.63, 3.8) is 0 Å². The van der Waals surface area contributed by atoms with Crippen molar-refractivity contribution in [3.8, 4) is 17.6 Å². The summed E-state index contributed by atoms with van der Waals surface area (Å²) in [5, 5.41) is 12.6. The molecule has 0 aliphatic carbocycles. The molecule has 6 nitrogen and oxygen atoms in total. The van der Waals surface area contributed by atoms with E-state index >= 15 is 0 Å². The number of nitriles is 1. The number of benzene rings is 2. The Morgan fingerprint density at radius 2 is 1.97 bits per heavy atom. The van der Waals surface area contributed by atoms with Gasteiger partial charge < -0.3 is 19.2 Å². The van der Waals surface area contributed by atoms with Gasteiger partial charge in [-0.15, -0.1) is 0 Å². The van der Waals surface area contributed by atoms with Gasteiger partial charge in [0, 0.05) is 17.6 Å². The average Bonchev–Trinajstić information content (AvgIpc) is 3.22. The Hall–Kier alpha value is -3.69. The highest BCUT2D eigenvalue weighted by molar-refractivity contribution is 6.30. The molecule has 1 N–H and O–H groups in total. The molecule has 2 aromatic carbocycles. The van der Waals surface area contributed by atoms with Gasteiger partial charge in [-0.05, 0) is 48.0 Å². The molecule has 152 valence electrons. The van der Waals surface area contributed by atoms with Gasteiger partial charge in [-0.25, -0.2) is 0 Å². The zero-order chi connectivity index (χ0) is 21.3. The number of ether oxygens (including phenoxy) is 2. The number of carbonyl (C=O) groups excluding carboxylic acids is 1. The van der Waals surface area contributed by atoms with Gasteiger partial charge in [-0.1, -0.05) is 29.8 Å². The predicted molar refractivity (Wildman–Crippen MR) is 113 cm³/mol. The van der Waals surface area contributed by atoms with Crippen LogP contribution >= 0.6 is 11.6 Å². The van der Waals surface area contributed by atoms with E-state index in [-0.39, 0.29) is 12.2 Å². The zero-order valence-corrected chi connectivity index (χ0v) is 17.0. The van der Waals surface area contributed by atoms with Crippen molar-refractivity contribution in [2.24, 2.45) is 0 Å². The molecule has 0 spiro atoms. The SMILES string of the molecule is COc1ccc(CNC(=O)/C(C#N)=C/c2ccc(COc3cccc(Cl)c3)o2)cc1. The number of hydrogen-bond acceptors (Lipinski definition) is 5. The minimum Gasteiger partial charge on any atom is -0.497 e. The highest BCUT2D eigenvalue weighted by Crippen LogP contribution is 2.20. The highest BCUT2D eigenvalue weighted by Gasteiger charge is 2.11. The van der Waals surface area contributed by atoms with E-state index in [0.29, 0.717) is 28.8 Å². The Labute approximate surface area is 179 Å². The van der Waals surface area contributed by atoms with Crippen molar-refractivity contribution < 1.29 is 18.7 Å². The summed E-state index contributed by atoms with van der Waals surface area (Å²) in [7, 11) is 1.59. The molecule has 0 saturated heterocycles. The fraction of sp³-hybridized carbons (Fsp3) is 0.130. The summed E-state index contributed by atoms with van der Waals surface area (Å²) in [6.07, 6.45) is 1.40. The van der Waals surface area contributed by atoms with E-state index in [2.05, 4.69) is 5.32 Å². The number of nitrogens with one attached hydrogen (secondary N) is 1. The molecule has 1 amide bonds. The van der Waals surface area contributed by atoms with Crippen LogP contribution in [0.15, 0.2) is 70.7 Å². The van der Waals surface area contributed by atoms with Crippen LogP contribution < -0.4 is 14.8 Å². The first kappa shape index (κ1) is 21.0. The molecule has 0 bridgehead atoms.